The van der Waals surface area contributed by atoms with Gasteiger partial charge in [-0.2, -0.15) is 0 Å². The number of amides is 2. The third kappa shape index (κ3) is 6.73. The van der Waals surface area contributed by atoms with Gasteiger partial charge in [0.1, 0.15) is 11.9 Å². The van der Waals surface area contributed by atoms with Crippen molar-refractivity contribution < 1.29 is 27.4 Å². The zero-order valence-corrected chi connectivity index (χ0v) is 17.6. The second-order valence-electron chi connectivity index (χ2n) is 7.27. The Hall–Kier alpha value is -2.53. The first kappa shape index (κ1) is 23.1. The van der Waals surface area contributed by atoms with Gasteiger partial charge in [-0.25, -0.2) is 22.3 Å². The Balaban J connectivity index is 1.46. The molecule has 3 atom stereocenters. The van der Waals surface area contributed by atoms with Crippen LogP contribution in [0.1, 0.15) is 19.3 Å². The quantitative estimate of drug-likeness (QED) is 0.491. The Morgan fingerprint density at radius 3 is 2.61 bits per heavy atom. The van der Waals surface area contributed by atoms with Gasteiger partial charge in [-0.3, -0.25) is 0 Å². The van der Waals surface area contributed by atoms with Crippen LogP contribution in [-0.4, -0.2) is 51.0 Å². The fraction of sp³-hybridized carbons (Fsp3) is 0.381. The van der Waals surface area contributed by atoms with E-state index >= 15 is 0 Å². The molecule has 0 saturated carbocycles. The van der Waals surface area contributed by atoms with Crippen LogP contribution < -0.4 is 15.4 Å². The van der Waals surface area contributed by atoms with Crippen molar-refractivity contribution in [2.75, 3.05) is 18.5 Å². The van der Waals surface area contributed by atoms with Crippen LogP contribution in [0, 0.1) is 5.82 Å². The molecular formula is C21H26FN3O5S. The number of anilines is 1. The minimum absolute atomic E-state index is 0.105. The summed E-state index contributed by atoms with van der Waals surface area (Å²) in [6.07, 6.45) is 0.680. The number of aliphatic hydroxyl groups is 1. The number of carbonyl (C=O) groups excluding carboxylic acids is 1. The fourth-order valence-electron chi connectivity index (χ4n) is 3.44. The number of carbonyl (C=O) groups is 1. The molecule has 10 heteroatoms. The molecule has 0 radical (unpaired) electrons. The summed E-state index contributed by atoms with van der Waals surface area (Å²) in [5.41, 5.74) is 0.653. The first-order valence-electron chi connectivity index (χ1n) is 10.0. The highest BCUT2D eigenvalue weighted by Gasteiger charge is 2.32. The number of hydrogen-bond acceptors (Lipinski definition) is 5. The maximum atomic E-state index is 13.3. The molecule has 168 valence electrons. The van der Waals surface area contributed by atoms with Gasteiger partial charge in [0.25, 0.3) is 0 Å². The summed E-state index contributed by atoms with van der Waals surface area (Å²) in [5, 5.41) is 15.2. The van der Waals surface area contributed by atoms with Gasteiger partial charge in [0, 0.05) is 12.2 Å². The molecule has 0 spiro atoms. The molecule has 1 heterocycles. The summed E-state index contributed by atoms with van der Waals surface area (Å²) < 4.78 is 46.1. The largest absolute Gasteiger partial charge is 0.394 e. The fourth-order valence-corrected chi connectivity index (χ4v) is 4.52. The summed E-state index contributed by atoms with van der Waals surface area (Å²) in [6, 6.07) is 13.0. The summed E-state index contributed by atoms with van der Waals surface area (Å²) in [7, 11) is -3.82. The number of sulfonamides is 1. The van der Waals surface area contributed by atoms with E-state index in [2.05, 4.69) is 15.4 Å². The summed E-state index contributed by atoms with van der Waals surface area (Å²) in [5.74, 6) is -0.626. The monoisotopic (exact) mass is 451 g/mol. The number of para-hydroxylation sites is 1. The molecule has 2 amide bonds. The molecule has 8 nitrogen and oxygen atoms in total. The summed E-state index contributed by atoms with van der Waals surface area (Å²) >= 11 is 0. The van der Waals surface area contributed by atoms with Gasteiger partial charge in [0.05, 0.1) is 23.6 Å². The van der Waals surface area contributed by atoms with Crippen molar-refractivity contribution in [1.29, 1.82) is 0 Å². The van der Waals surface area contributed by atoms with Crippen molar-refractivity contribution in [2.24, 2.45) is 0 Å². The predicted octanol–water partition coefficient (Wildman–Crippen LogP) is 2.22. The van der Waals surface area contributed by atoms with E-state index in [0.29, 0.717) is 24.9 Å². The molecule has 2 aromatic carbocycles. The van der Waals surface area contributed by atoms with Crippen molar-refractivity contribution >= 4 is 21.7 Å². The van der Waals surface area contributed by atoms with Crippen molar-refractivity contribution in [3.63, 3.8) is 0 Å². The average Bonchev–Trinajstić information content (AvgIpc) is 2.75. The average molecular weight is 452 g/mol. The number of nitrogens with one attached hydrogen (secondary N) is 3. The maximum Gasteiger partial charge on any atom is 0.319 e. The number of benzene rings is 2. The van der Waals surface area contributed by atoms with Crippen LogP contribution >= 0.6 is 0 Å². The molecule has 0 bridgehead atoms. The van der Waals surface area contributed by atoms with Crippen LogP contribution in [0.5, 0.6) is 0 Å². The van der Waals surface area contributed by atoms with Gasteiger partial charge >= 0.3 is 6.03 Å². The third-order valence-electron chi connectivity index (χ3n) is 5.01. The van der Waals surface area contributed by atoms with Gasteiger partial charge in [-0.1, -0.05) is 24.3 Å². The Labute approximate surface area is 180 Å². The number of ether oxygens (including phenoxy) is 1. The molecule has 1 aliphatic heterocycles. The van der Waals surface area contributed by atoms with E-state index in [4.69, 9.17) is 4.74 Å². The third-order valence-corrected chi connectivity index (χ3v) is 6.47. The maximum absolute atomic E-state index is 13.3. The van der Waals surface area contributed by atoms with Gasteiger partial charge < -0.3 is 20.5 Å². The molecule has 1 aliphatic rings. The summed E-state index contributed by atoms with van der Waals surface area (Å²) in [4.78, 5) is 12.1. The van der Waals surface area contributed by atoms with Crippen LogP contribution in [0.4, 0.5) is 14.9 Å². The van der Waals surface area contributed by atoms with Crippen LogP contribution in [0.2, 0.25) is 0 Å². The second-order valence-corrected chi connectivity index (χ2v) is 9.04. The Morgan fingerprint density at radius 1 is 1.13 bits per heavy atom. The molecule has 2 aromatic rings. The lowest BCUT2D eigenvalue weighted by Gasteiger charge is -2.36. The second kappa shape index (κ2) is 10.7. The van der Waals surface area contributed by atoms with Gasteiger partial charge in [0.2, 0.25) is 10.0 Å². The van der Waals surface area contributed by atoms with Crippen molar-refractivity contribution in [1.82, 2.24) is 10.0 Å². The predicted molar refractivity (Wildman–Crippen MR) is 114 cm³/mol. The highest BCUT2D eigenvalue weighted by molar-refractivity contribution is 7.89. The number of aliphatic hydroxyl groups excluding tert-OH is 1. The highest BCUT2D eigenvalue weighted by atomic mass is 32.2. The first-order chi connectivity index (χ1) is 14.9. The van der Waals surface area contributed by atoms with Crippen molar-refractivity contribution in [3.05, 3.63) is 60.4 Å². The zero-order chi connectivity index (χ0) is 22.3. The Bertz CT molecular complexity index is 974. The lowest BCUT2D eigenvalue weighted by atomic mass is 9.97. The lowest BCUT2D eigenvalue weighted by molar-refractivity contribution is -0.0884. The van der Waals surface area contributed by atoms with E-state index in [-0.39, 0.29) is 36.2 Å². The minimum Gasteiger partial charge on any atom is -0.394 e. The van der Waals surface area contributed by atoms with Gasteiger partial charge in [0.15, 0.2) is 0 Å². The van der Waals surface area contributed by atoms with Gasteiger partial charge in [-0.05, 0) is 49.6 Å². The minimum atomic E-state index is -3.82. The molecule has 1 saturated heterocycles. The normalized spacial score (nSPS) is 21.4. The molecule has 1 fully saturated rings. The van der Waals surface area contributed by atoms with E-state index < -0.39 is 21.9 Å². The number of halogens is 1. The molecule has 3 rings (SSSR count). The van der Waals surface area contributed by atoms with E-state index in [1.54, 1.807) is 12.1 Å². The van der Waals surface area contributed by atoms with E-state index in [1.165, 1.54) is 18.2 Å². The van der Waals surface area contributed by atoms with Crippen molar-refractivity contribution in [3.8, 4) is 0 Å². The smallest absolute Gasteiger partial charge is 0.319 e. The molecule has 0 unspecified atom stereocenters. The molecule has 0 aliphatic carbocycles. The molecular weight excluding hydrogens is 425 g/mol. The molecule has 31 heavy (non-hydrogen) atoms. The van der Waals surface area contributed by atoms with Crippen LogP contribution in [0.3, 0.4) is 0 Å². The van der Waals surface area contributed by atoms with Crippen LogP contribution in [0.25, 0.3) is 0 Å². The lowest BCUT2D eigenvalue weighted by Crippen LogP contribution is -2.52. The molecule has 0 aromatic heterocycles. The molecule has 4 N–H and O–H groups in total. The van der Waals surface area contributed by atoms with Crippen molar-refractivity contribution in [2.45, 2.75) is 42.4 Å². The number of rotatable bonds is 8. The first-order valence-corrected chi connectivity index (χ1v) is 11.5. The SMILES string of the molecule is O=C(Nc1ccccc1)N[C@H]1CC[C@H](CCNS(=O)(=O)c2cccc(F)c2)O[C@H]1CO. The van der Waals surface area contributed by atoms with Crippen LogP contribution in [0.15, 0.2) is 59.5 Å². The Kier molecular flexibility index (Phi) is 7.97. The van der Waals surface area contributed by atoms with E-state index in [1.807, 2.05) is 18.2 Å². The van der Waals surface area contributed by atoms with Gasteiger partial charge in [-0.15, -0.1) is 0 Å². The summed E-state index contributed by atoms with van der Waals surface area (Å²) in [6.45, 7) is -0.171. The highest BCUT2D eigenvalue weighted by Crippen LogP contribution is 2.22. The van der Waals surface area contributed by atoms with E-state index in [0.717, 1.165) is 6.07 Å². The topological polar surface area (TPSA) is 117 Å². The zero-order valence-electron chi connectivity index (χ0n) is 16.8. The van der Waals surface area contributed by atoms with E-state index in [9.17, 15) is 22.7 Å². The van der Waals surface area contributed by atoms with Crippen LogP contribution in [-0.2, 0) is 14.8 Å². The number of urea groups is 1. The standard InChI is InChI=1S/C21H26FN3O5S/c22-15-5-4-8-18(13-15)31(28,29)23-12-11-17-9-10-19(20(14-26)30-17)25-21(27)24-16-6-2-1-3-7-16/h1-8,13,17,19-20,23,26H,9-12,14H2,(H2,24,25,27)/t17-,19+,20+/m1/s1. The number of hydrogen-bond donors (Lipinski definition) is 4. The Morgan fingerprint density at radius 2 is 1.90 bits per heavy atom.